The average Bonchev–Trinajstić information content (AvgIpc) is 1.99. The molecule has 0 rings (SSSR count). The molecule has 0 fully saturated rings. The average molecular weight is 295 g/mol. The summed E-state index contributed by atoms with van der Waals surface area (Å²) in [5.41, 5.74) is 0. The van der Waals surface area contributed by atoms with E-state index < -0.39 is 14.8 Å². The van der Waals surface area contributed by atoms with E-state index in [0.29, 0.717) is 6.42 Å². The van der Waals surface area contributed by atoms with Crippen LogP contribution in [0.1, 0.15) is 40.5 Å². The van der Waals surface area contributed by atoms with Gasteiger partial charge >= 0.3 is 0 Å². The predicted octanol–water partition coefficient (Wildman–Crippen LogP) is 3.58. The molecule has 6 heteroatoms. The maximum absolute atomic E-state index is 11.8. The Bertz CT molecular complexity index is 222. The van der Waals surface area contributed by atoms with Crippen LogP contribution >= 0.6 is 34.8 Å². The van der Waals surface area contributed by atoms with E-state index in [2.05, 4.69) is 4.72 Å². The normalized spacial score (nSPS) is 17.5. The predicted molar refractivity (Wildman–Crippen MR) is 70.0 cm³/mol. The largest absolute Gasteiger partial charge is 0.242 e. The summed E-state index contributed by atoms with van der Waals surface area (Å²) in [5.74, 6) is 0. The van der Waals surface area contributed by atoms with E-state index in [1.807, 2.05) is 27.7 Å². The van der Waals surface area contributed by atoms with Crippen LogP contribution in [0, 0.1) is 0 Å². The Morgan fingerprint density at radius 3 is 2.00 bits per heavy atom. The molecule has 15 heavy (non-hydrogen) atoms. The van der Waals surface area contributed by atoms with Crippen LogP contribution in [0.15, 0.2) is 0 Å². The lowest BCUT2D eigenvalue weighted by atomic mass is 10.2. The van der Waals surface area contributed by atoms with Crippen molar-refractivity contribution >= 4 is 45.8 Å². The van der Waals surface area contributed by atoms with E-state index in [9.17, 15) is 4.21 Å². The molecule has 0 spiro atoms. The third kappa shape index (κ3) is 6.32. The lowest BCUT2D eigenvalue weighted by Crippen LogP contribution is -2.46. The van der Waals surface area contributed by atoms with Gasteiger partial charge in [0.2, 0.25) is 3.79 Å². The molecule has 2 nitrogen and oxygen atoms in total. The molecule has 0 saturated heterocycles. The number of hydrogen-bond donors (Lipinski definition) is 1. The van der Waals surface area contributed by atoms with Crippen LogP contribution in [0.25, 0.3) is 0 Å². The van der Waals surface area contributed by atoms with Gasteiger partial charge in [-0.3, -0.25) is 0 Å². The molecular formula is C9H18Cl3NOS. The maximum Gasteiger partial charge on any atom is 0.206 e. The minimum Gasteiger partial charge on any atom is -0.242 e. The topological polar surface area (TPSA) is 29.1 Å². The van der Waals surface area contributed by atoms with E-state index in [0.717, 1.165) is 6.42 Å². The lowest BCUT2D eigenvalue weighted by molar-refractivity contribution is 0.550. The van der Waals surface area contributed by atoms with Crippen LogP contribution in [0.4, 0.5) is 0 Å². The first-order chi connectivity index (χ1) is 6.59. The highest BCUT2D eigenvalue weighted by molar-refractivity contribution is 7.84. The fourth-order valence-corrected chi connectivity index (χ4v) is 2.48. The van der Waals surface area contributed by atoms with Gasteiger partial charge in [0.15, 0.2) is 0 Å². The fraction of sp³-hybridized carbons (Fsp3) is 1.00. The van der Waals surface area contributed by atoms with Gasteiger partial charge in [0.1, 0.15) is 0 Å². The molecule has 2 atom stereocenters. The van der Waals surface area contributed by atoms with Gasteiger partial charge < -0.3 is 0 Å². The first kappa shape index (κ1) is 16.0. The second-order valence-corrected chi connectivity index (χ2v) is 8.75. The van der Waals surface area contributed by atoms with Crippen molar-refractivity contribution in [2.24, 2.45) is 0 Å². The first-order valence-corrected chi connectivity index (χ1v) is 7.12. The van der Waals surface area contributed by atoms with Gasteiger partial charge in [-0.1, -0.05) is 48.1 Å². The van der Waals surface area contributed by atoms with Gasteiger partial charge in [0.25, 0.3) is 0 Å². The fourth-order valence-electron chi connectivity index (χ4n) is 0.884. The maximum atomic E-state index is 11.8. The Labute approximate surface area is 110 Å². The molecule has 0 amide bonds. The zero-order chi connectivity index (χ0) is 12.3. The Morgan fingerprint density at radius 2 is 1.73 bits per heavy atom. The Kier molecular flexibility index (Phi) is 6.46. The first-order valence-electron chi connectivity index (χ1n) is 4.83. The van der Waals surface area contributed by atoms with Gasteiger partial charge in [-0.05, 0) is 27.2 Å². The summed E-state index contributed by atoms with van der Waals surface area (Å²) in [6, 6.07) is -0.382. The Balaban J connectivity index is 4.50. The van der Waals surface area contributed by atoms with Crippen LogP contribution in [0.2, 0.25) is 0 Å². The number of hydrogen-bond acceptors (Lipinski definition) is 1. The molecule has 0 aliphatic heterocycles. The van der Waals surface area contributed by atoms with Crippen molar-refractivity contribution in [2.45, 2.75) is 55.1 Å². The van der Waals surface area contributed by atoms with Crippen molar-refractivity contribution in [3.05, 3.63) is 0 Å². The highest BCUT2D eigenvalue weighted by Gasteiger charge is 2.34. The molecule has 0 aliphatic carbocycles. The summed E-state index contributed by atoms with van der Waals surface area (Å²) in [7, 11) is -1.22. The van der Waals surface area contributed by atoms with Crippen molar-refractivity contribution in [3.63, 3.8) is 0 Å². The van der Waals surface area contributed by atoms with Crippen molar-refractivity contribution in [2.75, 3.05) is 0 Å². The van der Waals surface area contributed by atoms with Gasteiger partial charge in [-0.2, -0.15) is 0 Å². The van der Waals surface area contributed by atoms with Crippen LogP contribution in [-0.4, -0.2) is 18.8 Å². The van der Waals surface area contributed by atoms with Crippen molar-refractivity contribution in [1.82, 2.24) is 4.72 Å². The molecule has 0 radical (unpaired) electrons. The van der Waals surface area contributed by atoms with E-state index in [4.69, 9.17) is 34.8 Å². The van der Waals surface area contributed by atoms with Crippen molar-refractivity contribution < 1.29 is 4.21 Å². The number of nitrogens with one attached hydrogen (secondary N) is 1. The monoisotopic (exact) mass is 293 g/mol. The summed E-state index contributed by atoms with van der Waals surface area (Å²) in [4.78, 5) is 0. The third-order valence-corrected chi connectivity index (χ3v) is 4.18. The molecule has 0 heterocycles. The van der Waals surface area contributed by atoms with Crippen LogP contribution in [0.5, 0.6) is 0 Å². The van der Waals surface area contributed by atoms with Crippen LogP contribution in [0.3, 0.4) is 0 Å². The van der Waals surface area contributed by atoms with Crippen molar-refractivity contribution in [1.29, 1.82) is 0 Å². The highest BCUT2D eigenvalue weighted by Crippen LogP contribution is 2.33. The summed E-state index contributed by atoms with van der Waals surface area (Å²) in [6.07, 6.45) is 1.55. The molecule has 0 aromatic carbocycles. The molecule has 0 aromatic heterocycles. The summed E-state index contributed by atoms with van der Waals surface area (Å²) < 4.78 is 12.9. The Morgan fingerprint density at radius 1 is 1.27 bits per heavy atom. The van der Waals surface area contributed by atoms with Gasteiger partial charge in [-0.15, -0.1) is 0 Å². The summed E-state index contributed by atoms with van der Waals surface area (Å²) >= 11 is 17.4. The minimum absolute atomic E-state index is 0.359. The zero-order valence-electron chi connectivity index (χ0n) is 9.44. The van der Waals surface area contributed by atoms with Crippen molar-refractivity contribution in [3.8, 4) is 0 Å². The number of alkyl halides is 3. The molecule has 1 unspecified atom stereocenters. The third-order valence-electron chi connectivity index (χ3n) is 1.78. The van der Waals surface area contributed by atoms with Gasteiger partial charge in [-0.25, -0.2) is 8.93 Å². The molecule has 0 aliphatic rings. The van der Waals surface area contributed by atoms with E-state index in [1.165, 1.54) is 0 Å². The summed E-state index contributed by atoms with van der Waals surface area (Å²) in [6.45, 7) is 7.61. The van der Waals surface area contributed by atoms with E-state index in [1.54, 1.807) is 0 Å². The minimum atomic E-state index is -1.42. The van der Waals surface area contributed by atoms with Gasteiger partial charge in [0, 0.05) is 0 Å². The van der Waals surface area contributed by atoms with E-state index >= 15 is 0 Å². The number of halogens is 3. The molecule has 0 saturated carbocycles. The molecule has 92 valence electrons. The quantitative estimate of drug-likeness (QED) is 0.789. The SMILES string of the molecule is CCC[C@H](NS(=O)C(C)(C)C)C(Cl)(Cl)Cl. The number of rotatable bonds is 4. The lowest BCUT2D eigenvalue weighted by Gasteiger charge is -2.28. The van der Waals surface area contributed by atoms with Gasteiger partial charge in [0.05, 0.1) is 21.8 Å². The Hall–Kier alpha value is 0.980. The molecular weight excluding hydrogens is 277 g/mol. The van der Waals surface area contributed by atoms with E-state index in [-0.39, 0.29) is 10.8 Å². The second kappa shape index (κ2) is 6.06. The zero-order valence-corrected chi connectivity index (χ0v) is 12.5. The smallest absolute Gasteiger partial charge is 0.206 e. The standard InChI is InChI=1S/C9H18Cl3NOS/c1-5-6-7(9(10,11)12)13-15(14)8(2,3)4/h7,13H,5-6H2,1-4H3/t7-,15?/m0/s1. The summed E-state index contributed by atoms with van der Waals surface area (Å²) in [5, 5.41) is 0. The highest BCUT2D eigenvalue weighted by atomic mass is 35.6. The molecule has 0 bridgehead atoms. The van der Waals surface area contributed by atoms with Crippen LogP contribution < -0.4 is 4.72 Å². The molecule has 0 aromatic rings. The second-order valence-electron chi connectivity index (χ2n) is 4.38. The van der Waals surface area contributed by atoms with Crippen LogP contribution in [-0.2, 0) is 11.0 Å². The molecule has 1 N–H and O–H groups in total.